The van der Waals surface area contributed by atoms with Crippen LogP contribution in [-0.4, -0.2) is 25.2 Å². The summed E-state index contributed by atoms with van der Waals surface area (Å²) in [6, 6.07) is 18.0. The molecule has 0 spiro atoms. The van der Waals surface area contributed by atoms with Gasteiger partial charge in [-0.1, -0.05) is 36.4 Å². The minimum Gasteiger partial charge on any atom is -0.498 e. The second-order valence-corrected chi connectivity index (χ2v) is 8.69. The molecule has 0 atom stereocenters. The first-order valence-electron chi connectivity index (χ1n) is 10.6. The van der Waals surface area contributed by atoms with Gasteiger partial charge in [-0.15, -0.1) is 0 Å². The Balaban J connectivity index is 1.63. The van der Waals surface area contributed by atoms with Gasteiger partial charge in [-0.25, -0.2) is 0 Å². The predicted octanol–water partition coefficient (Wildman–Crippen LogP) is 5.53. The second-order valence-electron chi connectivity index (χ2n) is 8.69. The lowest BCUT2D eigenvalue weighted by Crippen LogP contribution is -2.30. The van der Waals surface area contributed by atoms with Gasteiger partial charge in [-0.3, -0.25) is 9.59 Å². The van der Waals surface area contributed by atoms with Gasteiger partial charge in [0.25, 0.3) is 0 Å². The average Bonchev–Trinajstić information content (AvgIpc) is 2.77. The Labute approximate surface area is 190 Å². The van der Waals surface area contributed by atoms with Crippen molar-refractivity contribution >= 4 is 11.9 Å². The molecule has 0 bridgehead atoms. The number of para-hydroxylation sites is 2. The van der Waals surface area contributed by atoms with Crippen LogP contribution in [-0.2, 0) is 19.1 Å². The monoisotopic (exact) mass is 440 g/mol. The summed E-state index contributed by atoms with van der Waals surface area (Å²) >= 11 is 0. The Morgan fingerprint density at radius 2 is 1.00 bits per heavy atom. The van der Waals surface area contributed by atoms with E-state index in [1.165, 1.54) is 12.5 Å². The lowest BCUT2D eigenvalue weighted by atomic mass is 9.90. The number of hydrogen-bond acceptors (Lipinski definition) is 6. The predicted molar refractivity (Wildman–Crippen MR) is 122 cm³/mol. The van der Waals surface area contributed by atoms with E-state index in [1.807, 2.05) is 64.1 Å². The summed E-state index contributed by atoms with van der Waals surface area (Å²) in [5, 5.41) is 0. The van der Waals surface area contributed by atoms with E-state index in [0.717, 1.165) is 0 Å². The van der Waals surface area contributed by atoms with Gasteiger partial charge in [0.2, 0.25) is 0 Å². The van der Waals surface area contributed by atoms with Gasteiger partial charge in [0.1, 0.15) is 24.0 Å². The van der Waals surface area contributed by atoms with E-state index in [0.29, 0.717) is 37.6 Å². The van der Waals surface area contributed by atoms with Crippen LogP contribution >= 0.6 is 0 Å². The Bertz CT molecular complexity index is 798. The van der Waals surface area contributed by atoms with Gasteiger partial charge in [-0.05, 0) is 64.8 Å². The SMILES string of the molecule is CC(C)(CCO/C=C/OCCC(C)(C)C(=O)Oc1ccccc1)C(=O)Oc1ccccc1. The van der Waals surface area contributed by atoms with E-state index in [9.17, 15) is 9.59 Å². The molecule has 6 nitrogen and oxygen atoms in total. The number of hydrogen-bond donors (Lipinski definition) is 0. The summed E-state index contributed by atoms with van der Waals surface area (Å²) in [6.45, 7) is 7.95. The van der Waals surface area contributed by atoms with Crippen molar-refractivity contribution in [1.29, 1.82) is 0 Å². The van der Waals surface area contributed by atoms with Gasteiger partial charge in [0.05, 0.1) is 24.0 Å². The van der Waals surface area contributed by atoms with E-state index >= 15 is 0 Å². The zero-order valence-electron chi connectivity index (χ0n) is 19.2. The maximum atomic E-state index is 12.3. The third kappa shape index (κ3) is 8.46. The van der Waals surface area contributed by atoms with Crippen molar-refractivity contribution in [1.82, 2.24) is 0 Å². The van der Waals surface area contributed by atoms with Crippen molar-refractivity contribution in [2.24, 2.45) is 10.8 Å². The number of ether oxygens (including phenoxy) is 4. The van der Waals surface area contributed by atoms with Crippen LogP contribution in [0.4, 0.5) is 0 Å². The molecule has 0 saturated heterocycles. The standard InChI is InChI=1S/C26H32O6/c1-25(2,23(27)31-21-11-7-5-8-12-21)15-17-29-19-20-30-18-16-26(3,4)24(28)32-22-13-9-6-10-14-22/h5-14,19-20H,15-18H2,1-4H3/b20-19+. The third-order valence-corrected chi connectivity index (χ3v) is 4.95. The van der Waals surface area contributed by atoms with Gasteiger partial charge < -0.3 is 18.9 Å². The highest BCUT2D eigenvalue weighted by Gasteiger charge is 2.30. The van der Waals surface area contributed by atoms with Gasteiger partial charge >= 0.3 is 11.9 Å². The molecule has 0 aliphatic rings. The largest absolute Gasteiger partial charge is 0.498 e. The van der Waals surface area contributed by atoms with Crippen LogP contribution in [0.25, 0.3) is 0 Å². The number of carbonyl (C=O) groups excluding carboxylic acids is 2. The molecule has 0 aliphatic carbocycles. The smallest absolute Gasteiger partial charge is 0.317 e. The molecule has 2 aromatic carbocycles. The zero-order valence-corrected chi connectivity index (χ0v) is 19.2. The van der Waals surface area contributed by atoms with Crippen LogP contribution in [0.5, 0.6) is 11.5 Å². The lowest BCUT2D eigenvalue weighted by Gasteiger charge is -2.22. The fourth-order valence-electron chi connectivity index (χ4n) is 2.51. The molecule has 6 heteroatoms. The molecule has 0 unspecified atom stereocenters. The Morgan fingerprint density at radius 1 is 0.656 bits per heavy atom. The molecule has 0 fully saturated rings. The number of rotatable bonds is 12. The molecule has 172 valence electrons. The first-order valence-corrected chi connectivity index (χ1v) is 10.6. The molecule has 2 rings (SSSR count). The fourth-order valence-corrected chi connectivity index (χ4v) is 2.51. The number of benzene rings is 2. The summed E-state index contributed by atoms with van der Waals surface area (Å²) in [5.74, 6) is 0.431. The molecule has 2 aromatic rings. The highest BCUT2D eigenvalue weighted by Crippen LogP contribution is 2.25. The minimum absolute atomic E-state index is 0.308. The average molecular weight is 441 g/mol. The molecule has 0 heterocycles. The topological polar surface area (TPSA) is 71.1 Å². The van der Waals surface area contributed by atoms with E-state index in [-0.39, 0.29) is 11.9 Å². The highest BCUT2D eigenvalue weighted by atomic mass is 16.5. The van der Waals surface area contributed by atoms with Crippen LogP contribution in [0.15, 0.2) is 73.2 Å². The van der Waals surface area contributed by atoms with Gasteiger partial charge in [0, 0.05) is 0 Å². The second kappa shape index (κ2) is 11.9. The summed E-state index contributed by atoms with van der Waals surface area (Å²) in [4.78, 5) is 24.7. The van der Waals surface area contributed by atoms with E-state index in [1.54, 1.807) is 24.3 Å². The van der Waals surface area contributed by atoms with E-state index in [4.69, 9.17) is 18.9 Å². The minimum atomic E-state index is -0.687. The summed E-state index contributed by atoms with van der Waals surface area (Å²) in [5.41, 5.74) is -1.37. The molecular weight excluding hydrogens is 408 g/mol. The van der Waals surface area contributed by atoms with Crippen molar-refractivity contribution in [2.75, 3.05) is 13.2 Å². The Kier molecular flexibility index (Phi) is 9.32. The fraction of sp³-hybridized carbons (Fsp3) is 0.385. The van der Waals surface area contributed by atoms with Crippen LogP contribution in [0, 0.1) is 10.8 Å². The normalized spacial score (nSPS) is 11.8. The quantitative estimate of drug-likeness (QED) is 0.187. The van der Waals surface area contributed by atoms with Crippen molar-refractivity contribution in [2.45, 2.75) is 40.5 Å². The summed E-state index contributed by atoms with van der Waals surface area (Å²) < 4.78 is 21.7. The first kappa shape index (κ1) is 25.0. The lowest BCUT2D eigenvalue weighted by molar-refractivity contribution is -0.145. The van der Waals surface area contributed by atoms with Crippen molar-refractivity contribution in [3.63, 3.8) is 0 Å². The van der Waals surface area contributed by atoms with Crippen molar-refractivity contribution < 1.29 is 28.5 Å². The molecule has 0 radical (unpaired) electrons. The first-order chi connectivity index (χ1) is 15.2. The third-order valence-electron chi connectivity index (χ3n) is 4.95. The van der Waals surface area contributed by atoms with Crippen LogP contribution < -0.4 is 9.47 Å². The highest BCUT2D eigenvalue weighted by molar-refractivity contribution is 5.78. The summed E-state index contributed by atoms with van der Waals surface area (Å²) in [6.07, 6.45) is 3.85. The number of esters is 2. The van der Waals surface area contributed by atoms with E-state index in [2.05, 4.69) is 0 Å². The zero-order chi connectivity index (χ0) is 23.5. The Hall–Kier alpha value is -3.28. The molecular formula is C26H32O6. The molecule has 0 aliphatic heterocycles. The molecule has 0 aromatic heterocycles. The van der Waals surface area contributed by atoms with Crippen molar-refractivity contribution in [3.05, 3.63) is 73.2 Å². The van der Waals surface area contributed by atoms with Crippen LogP contribution in [0.1, 0.15) is 40.5 Å². The summed E-state index contributed by atoms with van der Waals surface area (Å²) in [7, 11) is 0. The van der Waals surface area contributed by atoms with E-state index < -0.39 is 10.8 Å². The van der Waals surface area contributed by atoms with Crippen LogP contribution in [0.2, 0.25) is 0 Å². The van der Waals surface area contributed by atoms with Gasteiger partial charge in [-0.2, -0.15) is 0 Å². The van der Waals surface area contributed by atoms with Gasteiger partial charge in [0.15, 0.2) is 0 Å². The maximum Gasteiger partial charge on any atom is 0.317 e. The molecule has 0 amide bonds. The number of carbonyl (C=O) groups is 2. The molecule has 0 N–H and O–H groups in total. The molecule has 32 heavy (non-hydrogen) atoms. The van der Waals surface area contributed by atoms with Crippen LogP contribution in [0.3, 0.4) is 0 Å². The maximum absolute atomic E-state index is 12.3. The van der Waals surface area contributed by atoms with Crippen molar-refractivity contribution in [3.8, 4) is 11.5 Å². The Morgan fingerprint density at radius 3 is 1.34 bits per heavy atom. The molecule has 0 saturated carbocycles.